The van der Waals surface area contributed by atoms with Crippen molar-refractivity contribution in [3.8, 4) is 0 Å². The standard InChI is InChI=1S/C11H18N2O3/c1-3-5-10(14)13-6-7-16-8-9(13)11(15)12-4-2/h3,5,9H,4,6-8H2,1-2H3,(H,12,15)/b5-3+. The Hall–Kier alpha value is -1.36. The van der Waals surface area contributed by atoms with Gasteiger partial charge < -0.3 is 15.0 Å². The van der Waals surface area contributed by atoms with E-state index < -0.39 is 6.04 Å². The number of carbonyl (C=O) groups is 2. The van der Waals surface area contributed by atoms with Crippen molar-refractivity contribution in [3.63, 3.8) is 0 Å². The maximum absolute atomic E-state index is 11.7. The lowest BCUT2D eigenvalue weighted by Crippen LogP contribution is -2.55. The van der Waals surface area contributed by atoms with Gasteiger partial charge in [-0.1, -0.05) is 6.08 Å². The molecule has 0 aromatic carbocycles. The predicted octanol–water partition coefficient (Wildman–Crippen LogP) is -0.0740. The molecular weight excluding hydrogens is 208 g/mol. The van der Waals surface area contributed by atoms with Gasteiger partial charge in [0.25, 0.3) is 0 Å². The van der Waals surface area contributed by atoms with E-state index in [0.717, 1.165) is 0 Å². The molecule has 5 nitrogen and oxygen atoms in total. The third kappa shape index (κ3) is 3.06. The van der Waals surface area contributed by atoms with Gasteiger partial charge in [-0.25, -0.2) is 0 Å². The fourth-order valence-corrected chi connectivity index (χ4v) is 1.62. The van der Waals surface area contributed by atoms with E-state index in [1.807, 2.05) is 6.92 Å². The molecule has 0 spiro atoms. The van der Waals surface area contributed by atoms with E-state index in [-0.39, 0.29) is 18.4 Å². The first-order chi connectivity index (χ1) is 7.70. The molecule has 0 aromatic rings. The van der Waals surface area contributed by atoms with Crippen molar-refractivity contribution in [2.45, 2.75) is 19.9 Å². The summed E-state index contributed by atoms with van der Waals surface area (Å²) in [6.07, 6.45) is 3.14. The molecule has 0 radical (unpaired) electrons. The lowest BCUT2D eigenvalue weighted by molar-refractivity contribution is -0.145. The minimum absolute atomic E-state index is 0.137. The Kier molecular flexibility index (Phi) is 4.98. The van der Waals surface area contributed by atoms with Crippen LogP contribution in [0.3, 0.4) is 0 Å². The molecule has 0 aromatic heterocycles. The minimum atomic E-state index is -0.502. The number of allylic oxidation sites excluding steroid dienone is 1. The van der Waals surface area contributed by atoms with Gasteiger partial charge in [-0.3, -0.25) is 9.59 Å². The second-order valence-electron chi connectivity index (χ2n) is 3.52. The number of morpholine rings is 1. The van der Waals surface area contributed by atoms with Gasteiger partial charge in [0, 0.05) is 13.1 Å². The first-order valence-electron chi connectivity index (χ1n) is 5.49. The smallest absolute Gasteiger partial charge is 0.247 e. The Morgan fingerprint density at radius 1 is 1.56 bits per heavy atom. The molecule has 90 valence electrons. The summed E-state index contributed by atoms with van der Waals surface area (Å²) in [5.41, 5.74) is 0. The summed E-state index contributed by atoms with van der Waals surface area (Å²) in [5.74, 6) is -0.290. The van der Waals surface area contributed by atoms with Crippen LogP contribution >= 0.6 is 0 Å². The van der Waals surface area contributed by atoms with Crippen molar-refractivity contribution in [3.05, 3.63) is 12.2 Å². The van der Waals surface area contributed by atoms with E-state index in [1.165, 1.54) is 6.08 Å². The van der Waals surface area contributed by atoms with Crippen LogP contribution in [0.2, 0.25) is 0 Å². The number of nitrogens with one attached hydrogen (secondary N) is 1. The van der Waals surface area contributed by atoms with Gasteiger partial charge in [0.2, 0.25) is 11.8 Å². The molecule has 1 aliphatic heterocycles. The molecule has 1 rings (SSSR count). The van der Waals surface area contributed by atoms with Crippen molar-refractivity contribution in [2.24, 2.45) is 0 Å². The molecule has 1 fully saturated rings. The third-order valence-corrected chi connectivity index (χ3v) is 2.37. The molecular formula is C11H18N2O3. The normalized spacial score (nSPS) is 21.1. The van der Waals surface area contributed by atoms with Crippen LogP contribution in [0.25, 0.3) is 0 Å². The first kappa shape index (κ1) is 12.7. The molecule has 5 heteroatoms. The SMILES string of the molecule is C/C=C/C(=O)N1CCOCC1C(=O)NCC. The Labute approximate surface area is 95.4 Å². The van der Waals surface area contributed by atoms with Crippen LogP contribution in [-0.2, 0) is 14.3 Å². The molecule has 1 atom stereocenters. The van der Waals surface area contributed by atoms with Crippen LogP contribution in [0, 0.1) is 0 Å². The molecule has 1 heterocycles. The van der Waals surface area contributed by atoms with Crippen LogP contribution in [0.15, 0.2) is 12.2 Å². The van der Waals surface area contributed by atoms with Gasteiger partial charge in [0.1, 0.15) is 6.04 Å². The lowest BCUT2D eigenvalue weighted by atomic mass is 10.2. The summed E-state index contributed by atoms with van der Waals surface area (Å²) >= 11 is 0. The van der Waals surface area contributed by atoms with E-state index in [1.54, 1.807) is 17.9 Å². The van der Waals surface area contributed by atoms with Crippen LogP contribution in [0.1, 0.15) is 13.8 Å². The van der Waals surface area contributed by atoms with E-state index in [2.05, 4.69) is 5.32 Å². The highest BCUT2D eigenvalue weighted by atomic mass is 16.5. The van der Waals surface area contributed by atoms with Crippen molar-refractivity contribution in [1.82, 2.24) is 10.2 Å². The zero-order chi connectivity index (χ0) is 12.0. The highest BCUT2D eigenvalue weighted by Gasteiger charge is 2.31. The summed E-state index contributed by atoms with van der Waals surface area (Å²) < 4.78 is 5.23. The number of hydrogen-bond acceptors (Lipinski definition) is 3. The molecule has 16 heavy (non-hydrogen) atoms. The highest BCUT2D eigenvalue weighted by Crippen LogP contribution is 2.08. The second kappa shape index (κ2) is 6.27. The maximum atomic E-state index is 11.7. The topological polar surface area (TPSA) is 58.6 Å². The third-order valence-electron chi connectivity index (χ3n) is 2.37. The Morgan fingerprint density at radius 2 is 2.31 bits per heavy atom. The summed E-state index contributed by atoms with van der Waals surface area (Å²) in [5, 5.41) is 2.71. The second-order valence-corrected chi connectivity index (χ2v) is 3.52. The maximum Gasteiger partial charge on any atom is 0.247 e. The van der Waals surface area contributed by atoms with Crippen molar-refractivity contribution < 1.29 is 14.3 Å². The average Bonchev–Trinajstić information content (AvgIpc) is 2.30. The van der Waals surface area contributed by atoms with E-state index in [4.69, 9.17) is 4.74 Å². The summed E-state index contributed by atoms with van der Waals surface area (Å²) in [6.45, 7) is 5.40. The van der Waals surface area contributed by atoms with E-state index in [0.29, 0.717) is 19.7 Å². The largest absolute Gasteiger partial charge is 0.377 e. The van der Waals surface area contributed by atoms with Crippen molar-refractivity contribution >= 4 is 11.8 Å². The van der Waals surface area contributed by atoms with Crippen LogP contribution in [0.5, 0.6) is 0 Å². The zero-order valence-electron chi connectivity index (χ0n) is 9.73. The van der Waals surface area contributed by atoms with Gasteiger partial charge in [-0.2, -0.15) is 0 Å². The van der Waals surface area contributed by atoms with E-state index in [9.17, 15) is 9.59 Å². The van der Waals surface area contributed by atoms with E-state index >= 15 is 0 Å². The van der Waals surface area contributed by atoms with Crippen molar-refractivity contribution in [1.29, 1.82) is 0 Å². The number of likely N-dealkylation sites (N-methyl/N-ethyl adjacent to an activating group) is 1. The van der Waals surface area contributed by atoms with Gasteiger partial charge in [-0.05, 0) is 19.9 Å². The number of rotatable bonds is 3. The van der Waals surface area contributed by atoms with Crippen LogP contribution in [-0.4, -0.2) is 49.1 Å². The van der Waals surface area contributed by atoms with Crippen LogP contribution in [0.4, 0.5) is 0 Å². The molecule has 1 saturated heterocycles. The first-order valence-corrected chi connectivity index (χ1v) is 5.49. The fourth-order valence-electron chi connectivity index (χ4n) is 1.62. The summed E-state index contributed by atoms with van der Waals surface area (Å²) in [4.78, 5) is 25.0. The van der Waals surface area contributed by atoms with Gasteiger partial charge >= 0.3 is 0 Å². The van der Waals surface area contributed by atoms with Crippen molar-refractivity contribution in [2.75, 3.05) is 26.3 Å². The molecule has 0 saturated carbocycles. The van der Waals surface area contributed by atoms with Gasteiger partial charge in [-0.15, -0.1) is 0 Å². The number of nitrogens with zero attached hydrogens (tertiary/aromatic N) is 1. The summed E-state index contributed by atoms with van der Waals surface area (Å²) in [6, 6.07) is -0.502. The zero-order valence-corrected chi connectivity index (χ0v) is 9.73. The number of hydrogen-bond donors (Lipinski definition) is 1. The Morgan fingerprint density at radius 3 is 2.94 bits per heavy atom. The molecule has 2 amide bonds. The monoisotopic (exact) mass is 226 g/mol. The van der Waals surface area contributed by atoms with Crippen LogP contribution < -0.4 is 5.32 Å². The van der Waals surface area contributed by atoms with Gasteiger partial charge in [0.05, 0.1) is 13.2 Å². The minimum Gasteiger partial charge on any atom is -0.377 e. The fraction of sp³-hybridized carbons (Fsp3) is 0.636. The number of ether oxygens (including phenoxy) is 1. The molecule has 1 unspecified atom stereocenters. The Balaban J connectivity index is 2.70. The molecule has 0 aliphatic carbocycles. The lowest BCUT2D eigenvalue weighted by Gasteiger charge is -2.33. The number of amides is 2. The van der Waals surface area contributed by atoms with Gasteiger partial charge in [0.15, 0.2) is 0 Å². The number of carbonyl (C=O) groups excluding carboxylic acids is 2. The predicted molar refractivity (Wildman–Crippen MR) is 59.8 cm³/mol. The Bertz CT molecular complexity index is 289. The molecule has 1 N–H and O–H groups in total. The molecule has 1 aliphatic rings. The molecule has 0 bridgehead atoms. The summed E-state index contributed by atoms with van der Waals surface area (Å²) in [7, 11) is 0. The quantitative estimate of drug-likeness (QED) is 0.685. The highest BCUT2D eigenvalue weighted by molar-refractivity contribution is 5.93. The average molecular weight is 226 g/mol.